The summed E-state index contributed by atoms with van der Waals surface area (Å²) >= 11 is 1.19. The Morgan fingerprint density at radius 2 is 2.06 bits per heavy atom. The van der Waals surface area contributed by atoms with Crippen molar-refractivity contribution in [2.75, 3.05) is 13.7 Å². The molecular weight excluding hydrogens is 238 g/mol. The Hall–Kier alpha value is -1.75. The topological polar surface area (TPSA) is 40.5 Å². The minimum atomic E-state index is 0.0358. The average Bonchev–Trinajstić information content (AvgIpc) is 2.76. The Morgan fingerprint density at radius 1 is 1.29 bits per heavy atom. The van der Waals surface area contributed by atoms with Gasteiger partial charge in [-0.2, -0.15) is 0 Å². The van der Waals surface area contributed by atoms with Crippen LogP contribution < -0.4 is 14.3 Å². The lowest BCUT2D eigenvalue weighted by Gasteiger charge is -2.10. The number of nitrogens with zero attached hydrogens (tertiary/aromatic N) is 1. The lowest BCUT2D eigenvalue weighted by atomic mass is 10.3. The molecule has 0 saturated carbocycles. The number of hydrogen-bond acceptors (Lipinski definition) is 4. The van der Waals surface area contributed by atoms with Crippen molar-refractivity contribution < 1.29 is 9.47 Å². The van der Waals surface area contributed by atoms with Crippen LogP contribution in [0, 0.1) is 0 Å². The second kappa shape index (κ2) is 5.54. The summed E-state index contributed by atoms with van der Waals surface area (Å²) < 4.78 is 12.4. The Kier molecular flexibility index (Phi) is 3.82. The number of methoxy groups -OCH3 is 1. The van der Waals surface area contributed by atoms with Crippen molar-refractivity contribution in [1.82, 2.24) is 4.57 Å². The monoisotopic (exact) mass is 251 g/mol. The highest BCUT2D eigenvalue weighted by Gasteiger charge is 2.02. The lowest BCUT2D eigenvalue weighted by Crippen LogP contribution is -2.16. The van der Waals surface area contributed by atoms with Gasteiger partial charge in [-0.25, -0.2) is 0 Å². The maximum Gasteiger partial charge on any atom is 0.307 e. The van der Waals surface area contributed by atoms with Gasteiger partial charge >= 0.3 is 4.87 Å². The van der Waals surface area contributed by atoms with E-state index in [2.05, 4.69) is 0 Å². The largest absolute Gasteiger partial charge is 0.493 e. The molecular formula is C12H13NO3S. The summed E-state index contributed by atoms with van der Waals surface area (Å²) in [5.74, 6) is 1.39. The molecule has 90 valence electrons. The van der Waals surface area contributed by atoms with Crippen molar-refractivity contribution in [3.05, 3.63) is 45.5 Å². The van der Waals surface area contributed by atoms with Gasteiger partial charge in [0, 0.05) is 11.6 Å². The molecule has 2 aromatic rings. The molecule has 2 rings (SSSR count). The van der Waals surface area contributed by atoms with E-state index in [1.807, 2.05) is 24.3 Å². The summed E-state index contributed by atoms with van der Waals surface area (Å²) in [7, 11) is 1.60. The number of para-hydroxylation sites is 2. The van der Waals surface area contributed by atoms with Gasteiger partial charge in [-0.1, -0.05) is 23.5 Å². The summed E-state index contributed by atoms with van der Waals surface area (Å²) in [4.78, 5) is 11.3. The van der Waals surface area contributed by atoms with Gasteiger partial charge in [0.25, 0.3) is 0 Å². The third kappa shape index (κ3) is 2.88. The van der Waals surface area contributed by atoms with Gasteiger partial charge in [-0.05, 0) is 12.1 Å². The van der Waals surface area contributed by atoms with Gasteiger partial charge in [-0.15, -0.1) is 0 Å². The summed E-state index contributed by atoms with van der Waals surface area (Å²) in [5, 5.41) is 1.77. The van der Waals surface area contributed by atoms with E-state index in [4.69, 9.17) is 9.47 Å². The van der Waals surface area contributed by atoms with Crippen molar-refractivity contribution in [2.45, 2.75) is 6.54 Å². The van der Waals surface area contributed by atoms with Crippen LogP contribution in [0.2, 0.25) is 0 Å². The van der Waals surface area contributed by atoms with Gasteiger partial charge in [-0.3, -0.25) is 4.79 Å². The van der Waals surface area contributed by atoms with Crippen molar-refractivity contribution in [3.8, 4) is 11.5 Å². The zero-order valence-corrected chi connectivity index (χ0v) is 10.3. The molecule has 0 bridgehead atoms. The van der Waals surface area contributed by atoms with Crippen LogP contribution in [0.1, 0.15) is 0 Å². The van der Waals surface area contributed by atoms with E-state index in [1.165, 1.54) is 11.3 Å². The number of ether oxygens (including phenoxy) is 2. The fourth-order valence-corrected chi connectivity index (χ4v) is 2.06. The van der Waals surface area contributed by atoms with E-state index < -0.39 is 0 Å². The van der Waals surface area contributed by atoms with E-state index in [0.29, 0.717) is 24.7 Å². The van der Waals surface area contributed by atoms with Crippen LogP contribution in [-0.2, 0) is 6.54 Å². The number of hydrogen-bond donors (Lipinski definition) is 0. The highest BCUT2D eigenvalue weighted by molar-refractivity contribution is 7.07. The number of aromatic nitrogens is 1. The molecule has 17 heavy (non-hydrogen) atoms. The van der Waals surface area contributed by atoms with Crippen LogP contribution in [0.25, 0.3) is 0 Å². The predicted octanol–water partition coefficient (Wildman–Crippen LogP) is 2.00. The van der Waals surface area contributed by atoms with Gasteiger partial charge in [0.15, 0.2) is 11.5 Å². The van der Waals surface area contributed by atoms with Gasteiger partial charge in [0.2, 0.25) is 0 Å². The van der Waals surface area contributed by atoms with Crippen molar-refractivity contribution in [2.24, 2.45) is 0 Å². The van der Waals surface area contributed by atoms with Gasteiger partial charge in [0.05, 0.1) is 13.7 Å². The first kappa shape index (κ1) is 11.7. The first-order valence-electron chi connectivity index (χ1n) is 5.21. The predicted molar refractivity (Wildman–Crippen MR) is 67.1 cm³/mol. The maximum atomic E-state index is 11.3. The molecule has 5 heteroatoms. The van der Waals surface area contributed by atoms with Crippen molar-refractivity contribution in [3.63, 3.8) is 0 Å². The van der Waals surface area contributed by atoms with Crippen LogP contribution in [0.4, 0.5) is 0 Å². The fraction of sp³-hybridized carbons (Fsp3) is 0.250. The molecule has 1 heterocycles. The number of thiazole rings is 1. The molecule has 0 aliphatic carbocycles. The first-order valence-corrected chi connectivity index (χ1v) is 6.09. The fourth-order valence-electron chi connectivity index (χ4n) is 1.45. The van der Waals surface area contributed by atoms with Crippen LogP contribution >= 0.6 is 11.3 Å². The summed E-state index contributed by atoms with van der Waals surface area (Å²) in [6.07, 6.45) is 1.76. The second-order valence-corrected chi connectivity index (χ2v) is 4.22. The highest BCUT2D eigenvalue weighted by atomic mass is 32.1. The molecule has 0 aliphatic heterocycles. The molecule has 0 unspecified atom stereocenters. The van der Waals surface area contributed by atoms with Crippen LogP contribution in [-0.4, -0.2) is 18.3 Å². The molecule has 1 aromatic heterocycles. The third-order valence-electron chi connectivity index (χ3n) is 2.30. The first-order chi connectivity index (χ1) is 8.31. The smallest absolute Gasteiger partial charge is 0.307 e. The normalized spacial score (nSPS) is 10.2. The Labute approximate surface area is 103 Å². The molecule has 1 aromatic carbocycles. The van der Waals surface area contributed by atoms with Crippen LogP contribution in [0.15, 0.2) is 40.6 Å². The zero-order chi connectivity index (χ0) is 12.1. The molecule has 0 atom stereocenters. The molecule has 0 saturated heterocycles. The Bertz CT molecular complexity index is 532. The minimum Gasteiger partial charge on any atom is -0.493 e. The van der Waals surface area contributed by atoms with Crippen LogP contribution in [0.5, 0.6) is 11.5 Å². The summed E-state index contributed by atoms with van der Waals surface area (Å²) in [5.41, 5.74) is 0. The lowest BCUT2D eigenvalue weighted by molar-refractivity contribution is 0.279. The SMILES string of the molecule is COc1ccccc1OCCn1ccsc1=O. The zero-order valence-electron chi connectivity index (χ0n) is 9.46. The standard InChI is InChI=1S/C12H13NO3S/c1-15-10-4-2-3-5-11(10)16-8-6-13-7-9-17-12(13)14/h2-5,7,9H,6,8H2,1H3. The third-order valence-corrected chi connectivity index (χ3v) is 3.00. The molecule has 0 radical (unpaired) electrons. The quantitative estimate of drug-likeness (QED) is 0.816. The molecule has 0 N–H and O–H groups in total. The second-order valence-electron chi connectivity index (χ2n) is 3.36. The van der Waals surface area contributed by atoms with Gasteiger partial charge < -0.3 is 14.0 Å². The van der Waals surface area contributed by atoms with Crippen molar-refractivity contribution in [1.29, 1.82) is 0 Å². The number of benzene rings is 1. The summed E-state index contributed by atoms with van der Waals surface area (Å²) in [6, 6.07) is 7.45. The van der Waals surface area contributed by atoms with E-state index >= 15 is 0 Å². The van der Waals surface area contributed by atoms with Gasteiger partial charge in [0.1, 0.15) is 6.61 Å². The Morgan fingerprint density at radius 3 is 2.71 bits per heavy atom. The molecule has 4 nitrogen and oxygen atoms in total. The van der Waals surface area contributed by atoms with Crippen molar-refractivity contribution >= 4 is 11.3 Å². The highest BCUT2D eigenvalue weighted by Crippen LogP contribution is 2.25. The van der Waals surface area contributed by atoms with E-state index in [9.17, 15) is 4.79 Å². The molecule has 0 aliphatic rings. The van der Waals surface area contributed by atoms with E-state index in [-0.39, 0.29) is 4.87 Å². The van der Waals surface area contributed by atoms with Crippen LogP contribution in [0.3, 0.4) is 0 Å². The number of rotatable bonds is 5. The van der Waals surface area contributed by atoms with E-state index in [0.717, 1.165) is 0 Å². The average molecular weight is 251 g/mol. The minimum absolute atomic E-state index is 0.0358. The molecule has 0 amide bonds. The maximum absolute atomic E-state index is 11.3. The Balaban J connectivity index is 1.94. The molecule has 0 fully saturated rings. The molecule has 0 spiro atoms. The van der Waals surface area contributed by atoms with E-state index in [1.54, 1.807) is 23.3 Å². The summed E-state index contributed by atoms with van der Waals surface area (Å²) in [6.45, 7) is 0.984.